The molecular weight excluding hydrogens is 250 g/mol. The first-order valence-electron chi connectivity index (χ1n) is 5.92. The Hall–Kier alpha value is -2.08. The lowest BCUT2D eigenvalue weighted by molar-refractivity contribution is -0.148. The number of amides is 1. The fourth-order valence-electron chi connectivity index (χ4n) is 1.61. The molecule has 0 aliphatic carbocycles. The number of alkyl carbamates (subject to hydrolysis) is 1. The Morgan fingerprint density at radius 2 is 1.95 bits per heavy atom. The molecule has 0 fully saturated rings. The lowest BCUT2D eigenvalue weighted by atomic mass is 10.0. The average molecular weight is 267 g/mol. The monoisotopic (exact) mass is 267 g/mol. The van der Waals surface area contributed by atoms with Gasteiger partial charge in [0.05, 0.1) is 12.6 Å². The van der Waals surface area contributed by atoms with Crippen LogP contribution in [-0.4, -0.2) is 41.0 Å². The van der Waals surface area contributed by atoms with Gasteiger partial charge in [0.25, 0.3) is 0 Å². The van der Waals surface area contributed by atoms with Gasteiger partial charge in [-0.2, -0.15) is 0 Å². The summed E-state index contributed by atoms with van der Waals surface area (Å²) in [5, 5.41) is 20.8. The van der Waals surface area contributed by atoms with Crippen LogP contribution in [0, 0.1) is 0 Å². The zero-order valence-electron chi connectivity index (χ0n) is 10.6. The molecule has 0 unspecified atom stereocenters. The van der Waals surface area contributed by atoms with Crippen molar-refractivity contribution in [3.8, 4) is 0 Å². The first-order chi connectivity index (χ1) is 9.04. The molecule has 0 radical (unpaired) electrons. The van der Waals surface area contributed by atoms with Gasteiger partial charge in [0.15, 0.2) is 6.10 Å². The molecule has 19 heavy (non-hydrogen) atoms. The molecule has 1 aromatic carbocycles. The van der Waals surface area contributed by atoms with Crippen molar-refractivity contribution in [3.63, 3.8) is 0 Å². The van der Waals surface area contributed by atoms with Crippen molar-refractivity contribution in [2.75, 3.05) is 6.61 Å². The van der Waals surface area contributed by atoms with Crippen LogP contribution in [0.3, 0.4) is 0 Å². The fourth-order valence-corrected chi connectivity index (χ4v) is 1.61. The van der Waals surface area contributed by atoms with Crippen molar-refractivity contribution >= 4 is 12.1 Å². The zero-order chi connectivity index (χ0) is 14.3. The maximum absolute atomic E-state index is 11.3. The van der Waals surface area contributed by atoms with Crippen LogP contribution in [0.15, 0.2) is 30.3 Å². The van der Waals surface area contributed by atoms with Crippen molar-refractivity contribution in [3.05, 3.63) is 35.9 Å². The number of hydrogen-bond donors (Lipinski definition) is 3. The largest absolute Gasteiger partial charge is 0.479 e. The molecule has 0 aliphatic heterocycles. The number of carboxylic acids is 1. The summed E-state index contributed by atoms with van der Waals surface area (Å²) in [5.74, 6) is -1.39. The number of rotatable bonds is 6. The summed E-state index contributed by atoms with van der Waals surface area (Å²) in [4.78, 5) is 22.2. The Labute approximate surface area is 111 Å². The van der Waals surface area contributed by atoms with Crippen LogP contribution in [0.4, 0.5) is 4.79 Å². The van der Waals surface area contributed by atoms with Crippen LogP contribution in [-0.2, 0) is 16.0 Å². The summed E-state index contributed by atoms with van der Waals surface area (Å²) in [6.45, 7) is 1.81. The van der Waals surface area contributed by atoms with Crippen molar-refractivity contribution in [1.82, 2.24) is 5.32 Å². The third-order valence-electron chi connectivity index (χ3n) is 2.51. The molecule has 1 aromatic rings. The molecule has 0 bridgehead atoms. The van der Waals surface area contributed by atoms with Crippen LogP contribution < -0.4 is 5.32 Å². The molecule has 1 rings (SSSR count). The molecule has 3 N–H and O–H groups in total. The van der Waals surface area contributed by atoms with Gasteiger partial charge in [-0.05, 0) is 18.9 Å². The third kappa shape index (κ3) is 4.97. The van der Waals surface area contributed by atoms with E-state index >= 15 is 0 Å². The maximum atomic E-state index is 11.3. The topological polar surface area (TPSA) is 95.9 Å². The summed E-state index contributed by atoms with van der Waals surface area (Å²) < 4.78 is 4.69. The number of carbonyl (C=O) groups excluding carboxylic acids is 1. The number of hydrogen-bond acceptors (Lipinski definition) is 4. The van der Waals surface area contributed by atoms with E-state index in [-0.39, 0.29) is 13.0 Å². The molecular formula is C13H17NO5. The van der Waals surface area contributed by atoms with Gasteiger partial charge >= 0.3 is 12.1 Å². The van der Waals surface area contributed by atoms with Crippen molar-refractivity contribution in [2.45, 2.75) is 25.5 Å². The van der Waals surface area contributed by atoms with Crippen molar-refractivity contribution < 1.29 is 24.5 Å². The van der Waals surface area contributed by atoms with Gasteiger partial charge in [-0.1, -0.05) is 30.3 Å². The minimum absolute atomic E-state index is 0.174. The minimum Gasteiger partial charge on any atom is -0.479 e. The van der Waals surface area contributed by atoms with E-state index in [0.29, 0.717) is 0 Å². The third-order valence-corrected chi connectivity index (χ3v) is 2.51. The SMILES string of the molecule is CCOC(=O)N[C@@H](Cc1ccccc1)[C@H](O)C(=O)O. The van der Waals surface area contributed by atoms with Crippen molar-refractivity contribution in [2.24, 2.45) is 0 Å². The molecule has 0 saturated heterocycles. The molecule has 0 saturated carbocycles. The Kier molecular flexibility index (Phi) is 5.81. The second kappa shape index (κ2) is 7.38. The van der Waals surface area contributed by atoms with Gasteiger partial charge in [0.1, 0.15) is 0 Å². The fraction of sp³-hybridized carbons (Fsp3) is 0.385. The van der Waals surface area contributed by atoms with Crippen LogP contribution in [0.2, 0.25) is 0 Å². The number of carboxylic acid groups (broad SMARTS) is 1. The molecule has 6 heteroatoms. The smallest absolute Gasteiger partial charge is 0.407 e. The normalized spacial score (nSPS) is 13.4. The Bertz CT molecular complexity index is 420. The second-order valence-electron chi connectivity index (χ2n) is 3.94. The van der Waals surface area contributed by atoms with Gasteiger partial charge in [-0.3, -0.25) is 0 Å². The average Bonchev–Trinajstić information content (AvgIpc) is 2.38. The highest BCUT2D eigenvalue weighted by molar-refractivity contribution is 5.75. The standard InChI is InChI=1S/C13H17NO5/c1-2-19-13(18)14-10(11(15)12(16)17)8-9-6-4-3-5-7-9/h3-7,10-11,15H,2,8H2,1H3,(H,14,18)(H,16,17)/t10-,11-/m0/s1. The van der Waals surface area contributed by atoms with E-state index in [9.17, 15) is 14.7 Å². The molecule has 0 aromatic heterocycles. The molecule has 0 heterocycles. The summed E-state index contributed by atoms with van der Waals surface area (Å²) in [5.41, 5.74) is 0.810. The van der Waals surface area contributed by atoms with E-state index in [2.05, 4.69) is 10.1 Å². The zero-order valence-corrected chi connectivity index (χ0v) is 10.6. The van der Waals surface area contributed by atoms with Gasteiger partial charge in [0.2, 0.25) is 0 Å². The number of benzene rings is 1. The summed E-state index contributed by atoms with van der Waals surface area (Å²) in [6, 6.07) is 8.04. The van der Waals surface area contributed by atoms with E-state index in [1.54, 1.807) is 31.2 Å². The number of carbonyl (C=O) groups is 2. The molecule has 6 nitrogen and oxygen atoms in total. The number of nitrogens with one attached hydrogen (secondary N) is 1. The van der Waals surface area contributed by atoms with Gasteiger partial charge in [-0.15, -0.1) is 0 Å². The number of aliphatic hydroxyl groups excluding tert-OH is 1. The molecule has 1 amide bonds. The first kappa shape index (κ1) is 15.0. The molecule has 104 valence electrons. The first-order valence-corrected chi connectivity index (χ1v) is 5.92. The van der Waals surface area contributed by atoms with E-state index in [1.807, 2.05) is 6.07 Å². The Morgan fingerprint density at radius 1 is 1.32 bits per heavy atom. The summed E-state index contributed by atoms with van der Waals surface area (Å²) in [6.07, 6.45) is -2.24. The highest BCUT2D eigenvalue weighted by Crippen LogP contribution is 2.07. The van der Waals surface area contributed by atoms with Gasteiger partial charge < -0.3 is 20.3 Å². The Balaban J connectivity index is 2.74. The predicted molar refractivity (Wildman–Crippen MR) is 67.7 cm³/mol. The van der Waals surface area contributed by atoms with Gasteiger partial charge in [-0.25, -0.2) is 9.59 Å². The van der Waals surface area contributed by atoms with Crippen LogP contribution in [0.1, 0.15) is 12.5 Å². The quantitative estimate of drug-likeness (QED) is 0.708. The highest BCUT2D eigenvalue weighted by atomic mass is 16.5. The summed E-state index contributed by atoms with van der Waals surface area (Å²) >= 11 is 0. The molecule has 0 spiro atoms. The highest BCUT2D eigenvalue weighted by Gasteiger charge is 2.27. The van der Waals surface area contributed by atoms with E-state index in [4.69, 9.17) is 5.11 Å². The minimum atomic E-state index is -1.69. The van der Waals surface area contributed by atoms with Crippen LogP contribution in [0.25, 0.3) is 0 Å². The van der Waals surface area contributed by atoms with Crippen LogP contribution >= 0.6 is 0 Å². The van der Waals surface area contributed by atoms with E-state index < -0.39 is 24.2 Å². The van der Waals surface area contributed by atoms with E-state index in [1.165, 1.54) is 0 Å². The second-order valence-corrected chi connectivity index (χ2v) is 3.94. The van der Waals surface area contributed by atoms with E-state index in [0.717, 1.165) is 5.56 Å². The maximum Gasteiger partial charge on any atom is 0.407 e. The van der Waals surface area contributed by atoms with Gasteiger partial charge in [0, 0.05) is 0 Å². The predicted octanol–water partition coefficient (Wildman–Crippen LogP) is 0.789. The molecule has 0 aliphatic rings. The lowest BCUT2D eigenvalue weighted by Gasteiger charge is -2.21. The lowest BCUT2D eigenvalue weighted by Crippen LogP contribution is -2.48. The number of ether oxygens (including phenoxy) is 1. The summed E-state index contributed by atoms with van der Waals surface area (Å²) in [7, 11) is 0. The number of aliphatic hydroxyl groups is 1. The molecule has 2 atom stereocenters. The number of aliphatic carboxylic acids is 1. The van der Waals surface area contributed by atoms with Crippen molar-refractivity contribution in [1.29, 1.82) is 0 Å². The Morgan fingerprint density at radius 3 is 2.47 bits per heavy atom. The van der Waals surface area contributed by atoms with Crippen LogP contribution in [0.5, 0.6) is 0 Å².